The van der Waals surface area contributed by atoms with Crippen molar-refractivity contribution in [1.82, 2.24) is 4.98 Å². The van der Waals surface area contributed by atoms with Gasteiger partial charge in [0.15, 0.2) is 5.88 Å². The lowest BCUT2D eigenvalue weighted by Gasteiger charge is -1.95. The summed E-state index contributed by atoms with van der Waals surface area (Å²) in [7, 11) is 1.50. The van der Waals surface area contributed by atoms with Crippen LogP contribution in [0.4, 0.5) is 0 Å². The van der Waals surface area contributed by atoms with E-state index < -0.39 is 5.97 Å². The molecule has 4 heteroatoms. The molecule has 0 saturated heterocycles. The van der Waals surface area contributed by atoms with Gasteiger partial charge in [0.1, 0.15) is 0 Å². The predicted octanol–water partition coefficient (Wildman–Crippen LogP) is 1.34. The van der Waals surface area contributed by atoms with Crippen molar-refractivity contribution in [2.45, 2.75) is 13.8 Å². The summed E-state index contributed by atoms with van der Waals surface area (Å²) in [4.78, 5) is 13.5. The van der Waals surface area contributed by atoms with Crippen LogP contribution in [0.2, 0.25) is 0 Å². The van der Waals surface area contributed by atoms with Gasteiger partial charge in [-0.15, -0.1) is 0 Å². The first-order chi connectivity index (χ1) is 5.57. The van der Waals surface area contributed by atoms with Crippen LogP contribution in [0.3, 0.4) is 0 Å². The van der Waals surface area contributed by atoms with Crippen LogP contribution in [0.15, 0.2) is 0 Å². The number of H-pyrrole nitrogens is 1. The zero-order chi connectivity index (χ0) is 9.30. The van der Waals surface area contributed by atoms with E-state index >= 15 is 0 Å². The van der Waals surface area contributed by atoms with Gasteiger partial charge in [0.2, 0.25) is 0 Å². The molecular weight excluding hydrogens is 158 g/mol. The van der Waals surface area contributed by atoms with Crippen LogP contribution in [0.5, 0.6) is 5.88 Å². The Morgan fingerprint density at radius 2 is 2.08 bits per heavy atom. The minimum atomic E-state index is -0.926. The molecule has 0 atom stereocenters. The summed E-state index contributed by atoms with van der Waals surface area (Å²) in [5, 5.41) is 8.78. The fraction of sp³-hybridized carbons (Fsp3) is 0.375. The van der Waals surface area contributed by atoms with Crippen molar-refractivity contribution in [2.24, 2.45) is 0 Å². The SMILES string of the molecule is COc1[nH]c(C)c(C(=O)O)c1C. The van der Waals surface area contributed by atoms with E-state index in [-0.39, 0.29) is 0 Å². The van der Waals surface area contributed by atoms with Crippen molar-refractivity contribution in [1.29, 1.82) is 0 Å². The van der Waals surface area contributed by atoms with Crippen LogP contribution < -0.4 is 4.74 Å². The molecule has 0 spiro atoms. The smallest absolute Gasteiger partial charge is 0.337 e. The molecule has 1 rings (SSSR count). The van der Waals surface area contributed by atoms with E-state index in [1.165, 1.54) is 7.11 Å². The lowest BCUT2D eigenvalue weighted by molar-refractivity contribution is 0.0695. The summed E-state index contributed by atoms with van der Waals surface area (Å²) >= 11 is 0. The average molecular weight is 169 g/mol. The van der Waals surface area contributed by atoms with E-state index in [2.05, 4.69) is 4.98 Å². The summed E-state index contributed by atoms with van der Waals surface area (Å²) in [6, 6.07) is 0. The van der Waals surface area contributed by atoms with Gasteiger partial charge in [0.25, 0.3) is 0 Å². The molecule has 2 N–H and O–H groups in total. The summed E-state index contributed by atoms with van der Waals surface area (Å²) in [6.45, 7) is 3.42. The van der Waals surface area contributed by atoms with Gasteiger partial charge in [0.05, 0.1) is 12.7 Å². The lowest BCUT2D eigenvalue weighted by atomic mass is 10.2. The van der Waals surface area contributed by atoms with Gasteiger partial charge in [-0.25, -0.2) is 4.79 Å². The van der Waals surface area contributed by atoms with Crippen molar-refractivity contribution in [3.8, 4) is 5.88 Å². The van der Waals surface area contributed by atoms with Crippen molar-refractivity contribution in [3.63, 3.8) is 0 Å². The molecule has 4 nitrogen and oxygen atoms in total. The number of methoxy groups -OCH3 is 1. The second-order valence-corrected chi connectivity index (χ2v) is 2.59. The summed E-state index contributed by atoms with van der Waals surface area (Å²) < 4.78 is 4.94. The third kappa shape index (κ3) is 1.15. The van der Waals surface area contributed by atoms with Crippen LogP contribution in [0, 0.1) is 13.8 Å². The molecule has 0 aromatic carbocycles. The van der Waals surface area contributed by atoms with Crippen LogP contribution in [-0.4, -0.2) is 23.2 Å². The Bertz CT molecular complexity index is 314. The number of aromatic carboxylic acids is 1. The maximum absolute atomic E-state index is 10.7. The van der Waals surface area contributed by atoms with Crippen LogP contribution in [-0.2, 0) is 0 Å². The first-order valence-electron chi connectivity index (χ1n) is 3.54. The Balaban J connectivity index is 3.28. The number of nitrogens with one attached hydrogen (secondary N) is 1. The van der Waals surface area contributed by atoms with E-state index in [1.807, 2.05) is 0 Å². The van der Waals surface area contributed by atoms with Gasteiger partial charge in [-0.3, -0.25) is 0 Å². The molecule has 1 aromatic rings. The molecule has 1 aromatic heterocycles. The topological polar surface area (TPSA) is 62.3 Å². The number of rotatable bonds is 2. The van der Waals surface area contributed by atoms with E-state index in [4.69, 9.17) is 9.84 Å². The Morgan fingerprint density at radius 3 is 2.33 bits per heavy atom. The number of carboxylic acid groups (broad SMARTS) is 1. The standard InChI is InChI=1S/C8H11NO3/c1-4-6(8(10)11)5(2)9-7(4)12-3/h9H,1-3H3,(H,10,11). The van der Waals surface area contributed by atoms with Gasteiger partial charge >= 0.3 is 5.97 Å². The maximum atomic E-state index is 10.7. The number of ether oxygens (including phenoxy) is 1. The van der Waals surface area contributed by atoms with Crippen molar-refractivity contribution in [2.75, 3.05) is 7.11 Å². The minimum Gasteiger partial charge on any atom is -0.482 e. The molecule has 0 fully saturated rings. The molecule has 0 bridgehead atoms. The molecule has 0 saturated carbocycles. The molecule has 0 unspecified atom stereocenters. The highest BCUT2D eigenvalue weighted by molar-refractivity contribution is 5.91. The van der Waals surface area contributed by atoms with Gasteiger partial charge in [-0.05, 0) is 13.8 Å². The van der Waals surface area contributed by atoms with Gasteiger partial charge in [0, 0.05) is 11.3 Å². The number of aromatic nitrogens is 1. The van der Waals surface area contributed by atoms with Crippen molar-refractivity contribution in [3.05, 3.63) is 16.8 Å². The van der Waals surface area contributed by atoms with E-state index in [0.717, 1.165) is 0 Å². The van der Waals surface area contributed by atoms with Gasteiger partial charge in [-0.2, -0.15) is 0 Å². The first-order valence-corrected chi connectivity index (χ1v) is 3.54. The number of carbonyl (C=O) groups is 1. The maximum Gasteiger partial charge on any atom is 0.337 e. The molecule has 1 heterocycles. The van der Waals surface area contributed by atoms with Crippen molar-refractivity contribution >= 4 is 5.97 Å². The Kier molecular flexibility index (Phi) is 2.08. The largest absolute Gasteiger partial charge is 0.482 e. The molecule has 0 aliphatic carbocycles. The average Bonchev–Trinajstić information content (AvgIpc) is 2.25. The minimum absolute atomic E-state index is 0.298. The summed E-state index contributed by atoms with van der Waals surface area (Å²) in [5.74, 6) is -0.408. The van der Waals surface area contributed by atoms with E-state index in [9.17, 15) is 4.79 Å². The summed E-state index contributed by atoms with van der Waals surface area (Å²) in [5.41, 5.74) is 1.56. The molecule has 0 radical (unpaired) electrons. The number of hydrogen-bond acceptors (Lipinski definition) is 2. The van der Waals surface area contributed by atoms with E-state index in [1.54, 1.807) is 13.8 Å². The molecular formula is C8H11NO3. The summed E-state index contributed by atoms with van der Waals surface area (Å²) in [6.07, 6.45) is 0. The van der Waals surface area contributed by atoms with Crippen LogP contribution >= 0.6 is 0 Å². The molecule has 0 amide bonds. The highest BCUT2D eigenvalue weighted by Gasteiger charge is 2.17. The fourth-order valence-electron chi connectivity index (χ4n) is 1.25. The quantitative estimate of drug-likeness (QED) is 0.702. The molecule has 0 aliphatic rings. The number of hydrogen-bond donors (Lipinski definition) is 2. The Morgan fingerprint density at radius 1 is 1.50 bits per heavy atom. The molecule has 66 valence electrons. The normalized spacial score (nSPS) is 9.92. The second kappa shape index (κ2) is 2.89. The van der Waals surface area contributed by atoms with Crippen LogP contribution in [0.1, 0.15) is 21.6 Å². The Labute approximate surface area is 70.2 Å². The van der Waals surface area contributed by atoms with Crippen molar-refractivity contribution < 1.29 is 14.6 Å². The highest BCUT2D eigenvalue weighted by Crippen LogP contribution is 2.23. The zero-order valence-corrected chi connectivity index (χ0v) is 7.26. The predicted molar refractivity (Wildman–Crippen MR) is 43.8 cm³/mol. The second-order valence-electron chi connectivity index (χ2n) is 2.59. The van der Waals surface area contributed by atoms with Gasteiger partial charge in [-0.1, -0.05) is 0 Å². The highest BCUT2D eigenvalue weighted by atomic mass is 16.5. The lowest BCUT2D eigenvalue weighted by Crippen LogP contribution is -1.98. The molecule has 0 aliphatic heterocycles. The monoisotopic (exact) mass is 169 g/mol. The third-order valence-electron chi connectivity index (χ3n) is 1.81. The molecule has 12 heavy (non-hydrogen) atoms. The number of carboxylic acids is 1. The number of aromatic amines is 1. The van der Waals surface area contributed by atoms with Crippen LogP contribution in [0.25, 0.3) is 0 Å². The Hall–Kier alpha value is -1.45. The number of aryl methyl sites for hydroxylation is 1. The zero-order valence-electron chi connectivity index (χ0n) is 7.26. The fourth-order valence-corrected chi connectivity index (χ4v) is 1.25. The van der Waals surface area contributed by atoms with Gasteiger partial charge < -0.3 is 14.8 Å². The third-order valence-corrected chi connectivity index (χ3v) is 1.81. The van der Waals surface area contributed by atoms with E-state index in [0.29, 0.717) is 22.7 Å². The first kappa shape index (κ1) is 8.64.